The van der Waals surface area contributed by atoms with E-state index < -0.39 is 69.7 Å². The first-order valence-electron chi connectivity index (χ1n) is 13.6. The standard InChI is InChI=1S/C26H40N6O7S/c1-25(2,3)39-24(36)28-19-12-9-7-5-6-8-11-18-17-26(18,23(35)30-40(37,38)31(4)16-14-27)29-21(33)20-13-10-15-32(20)22(19)34/h8,11,18-20H,5-7,9-10,12-13,15-17H2,1-4H3,(H,28,36)(H,29,33)(H,30,35)/b11-8-/t18-,19+,20?,26-/m1/s1. The molecular formula is C26H40N6O7S. The van der Waals surface area contributed by atoms with Gasteiger partial charge in [-0.05, 0) is 59.3 Å². The van der Waals surface area contributed by atoms with E-state index in [1.807, 2.05) is 16.9 Å². The number of hydrogen-bond acceptors (Lipinski definition) is 8. The van der Waals surface area contributed by atoms with Gasteiger partial charge in [-0.2, -0.15) is 18.0 Å². The molecule has 4 amide bonds. The fraction of sp³-hybridized carbons (Fsp3) is 0.731. The molecule has 0 spiro atoms. The highest BCUT2D eigenvalue weighted by Gasteiger charge is 2.61. The fourth-order valence-electron chi connectivity index (χ4n) is 5.01. The van der Waals surface area contributed by atoms with Crippen molar-refractivity contribution in [3.8, 4) is 6.07 Å². The predicted octanol–water partition coefficient (Wildman–Crippen LogP) is 1.08. The normalized spacial score (nSPS) is 28.6. The van der Waals surface area contributed by atoms with Crippen LogP contribution in [0.25, 0.3) is 0 Å². The maximum absolute atomic E-state index is 13.6. The van der Waals surface area contributed by atoms with Crippen LogP contribution >= 0.6 is 0 Å². The van der Waals surface area contributed by atoms with E-state index in [0.717, 1.165) is 12.8 Å². The summed E-state index contributed by atoms with van der Waals surface area (Å²) in [6.45, 7) is 5.03. The van der Waals surface area contributed by atoms with Gasteiger partial charge in [0.15, 0.2) is 0 Å². The zero-order chi connectivity index (χ0) is 29.7. The summed E-state index contributed by atoms with van der Waals surface area (Å²) in [4.78, 5) is 54.3. The van der Waals surface area contributed by atoms with E-state index in [-0.39, 0.29) is 6.42 Å². The van der Waals surface area contributed by atoms with Gasteiger partial charge in [-0.15, -0.1) is 0 Å². The molecule has 1 aliphatic carbocycles. The first-order valence-corrected chi connectivity index (χ1v) is 15.1. The summed E-state index contributed by atoms with van der Waals surface area (Å²) in [5.41, 5.74) is -2.25. The molecule has 0 aromatic carbocycles. The third kappa shape index (κ3) is 7.72. The number of amides is 4. The molecule has 0 radical (unpaired) electrons. The molecule has 0 aromatic heterocycles. The average Bonchev–Trinajstić information content (AvgIpc) is 3.30. The average molecular weight is 581 g/mol. The second-order valence-corrected chi connectivity index (χ2v) is 13.4. The minimum Gasteiger partial charge on any atom is -0.444 e. The lowest BCUT2D eigenvalue weighted by Crippen LogP contribution is -2.59. The zero-order valence-electron chi connectivity index (χ0n) is 23.6. The number of alkyl carbamates (subject to hydrolysis) is 1. The summed E-state index contributed by atoms with van der Waals surface area (Å²) in [7, 11) is -3.14. The van der Waals surface area contributed by atoms with E-state index in [9.17, 15) is 27.6 Å². The first-order chi connectivity index (χ1) is 18.7. The van der Waals surface area contributed by atoms with Crippen LogP contribution in [0.5, 0.6) is 0 Å². The van der Waals surface area contributed by atoms with Crippen LogP contribution in [0.2, 0.25) is 0 Å². The molecule has 3 aliphatic rings. The van der Waals surface area contributed by atoms with Crippen LogP contribution in [-0.4, -0.2) is 84.8 Å². The SMILES string of the molecule is CN(CC#N)S(=O)(=O)NC(=O)[C@@]12C[C@H]1/C=C\CCCCC[C@H](NC(=O)OC(C)(C)C)C(=O)N1CCCC1C(=O)N2. The second-order valence-electron chi connectivity index (χ2n) is 11.6. The number of fused-ring (bicyclic) bond motifs is 2. The van der Waals surface area contributed by atoms with Crippen molar-refractivity contribution in [1.29, 1.82) is 5.26 Å². The molecule has 40 heavy (non-hydrogen) atoms. The van der Waals surface area contributed by atoms with E-state index in [2.05, 4.69) is 10.6 Å². The quantitative estimate of drug-likeness (QED) is 0.319. The number of allylic oxidation sites excluding steroid dienone is 1. The van der Waals surface area contributed by atoms with Gasteiger partial charge in [-0.3, -0.25) is 14.4 Å². The third-order valence-electron chi connectivity index (χ3n) is 7.25. The lowest BCUT2D eigenvalue weighted by Gasteiger charge is -2.30. The highest BCUT2D eigenvalue weighted by Crippen LogP contribution is 2.45. The van der Waals surface area contributed by atoms with Gasteiger partial charge < -0.3 is 20.3 Å². The zero-order valence-corrected chi connectivity index (χ0v) is 24.4. The Bertz CT molecular complexity index is 1170. The van der Waals surface area contributed by atoms with Gasteiger partial charge in [0.2, 0.25) is 11.8 Å². The van der Waals surface area contributed by atoms with Crippen LogP contribution in [0, 0.1) is 17.2 Å². The monoisotopic (exact) mass is 580 g/mol. The van der Waals surface area contributed by atoms with Gasteiger partial charge in [-0.25, -0.2) is 9.52 Å². The molecule has 3 N–H and O–H groups in total. The fourth-order valence-corrected chi connectivity index (χ4v) is 5.81. The Morgan fingerprint density at radius 3 is 2.62 bits per heavy atom. The number of nitrogens with zero attached hydrogens (tertiary/aromatic N) is 3. The summed E-state index contributed by atoms with van der Waals surface area (Å²) in [5.74, 6) is -2.29. The van der Waals surface area contributed by atoms with Gasteiger partial charge in [0.1, 0.15) is 29.8 Å². The van der Waals surface area contributed by atoms with Crippen molar-refractivity contribution in [2.24, 2.45) is 5.92 Å². The number of ether oxygens (including phenoxy) is 1. The highest BCUT2D eigenvalue weighted by molar-refractivity contribution is 7.87. The van der Waals surface area contributed by atoms with Crippen molar-refractivity contribution in [2.45, 2.75) is 95.4 Å². The van der Waals surface area contributed by atoms with Gasteiger partial charge in [0.25, 0.3) is 5.91 Å². The Balaban J connectivity index is 1.84. The van der Waals surface area contributed by atoms with E-state index >= 15 is 0 Å². The molecule has 1 unspecified atom stereocenters. The maximum Gasteiger partial charge on any atom is 0.408 e. The van der Waals surface area contributed by atoms with E-state index in [1.54, 1.807) is 26.8 Å². The number of carbonyl (C=O) groups excluding carboxylic acids is 4. The van der Waals surface area contributed by atoms with Gasteiger partial charge in [0.05, 0.1) is 6.07 Å². The molecule has 4 atom stereocenters. The topological polar surface area (TPSA) is 178 Å². The van der Waals surface area contributed by atoms with Crippen molar-refractivity contribution >= 4 is 34.0 Å². The Morgan fingerprint density at radius 1 is 1.23 bits per heavy atom. The van der Waals surface area contributed by atoms with Gasteiger partial charge >= 0.3 is 16.3 Å². The van der Waals surface area contributed by atoms with Crippen molar-refractivity contribution in [1.82, 2.24) is 24.6 Å². The van der Waals surface area contributed by atoms with Crippen LogP contribution in [0.1, 0.15) is 72.1 Å². The van der Waals surface area contributed by atoms with Crippen LogP contribution < -0.4 is 15.4 Å². The van der Waals surface area contributed by atoms with E-state index in [0.29, 0.717) is 43.0 Å². The number of nitriles is 1. The van der Waals surface area contributed by atoms with E-state index in [1.165, 1.54) is 11.9 Å². The molecular weight excluding hydrogens is 540 g/mol. The Kier molecular flexibility index (Phi) is 9.84. The number of rotatable bonds is 5. The Hall–Kier alpha value is -3.18. The lowest BCUT2D eigenvalue weighted by atomic mass is 10.0. The molecule has 14 heteroatoms. The molecule has 2 fully saturated rings. The van der Waals surface area contributed by atoms with Crippen molar-refractivity contribution in [2.75, 3.05) is 20.1 Å². The number of nitrogens with one attached hydrogen (secondary N) is 3. The van der Waals surface area contributed by atoms with Crippen molar-refractivity contribution in [3.63, 3.8) is 0 Å². The lowest BCUT2D eigenvalue weighted by molar-refractivity contribution is -0.141. The van der Waals surface area contributed by atoms with Crippen LogP contribution in [0.15, 0.2) is 12.2 Å². The third-order valence-corrected chi connectivity index (χ3v) is 8.64. The summed E-state index contributed by atoms with van der Waals surface area (Å²) in [5, 5.41) is 14.3. The maximum atomic E-state index is 13.6. The Labute approximate surface area is 235 Å². The molecule has 0 bridgehead atoms. The van der Waals surface area contributed by atoms with Crippen LogP contribution in [-0.2, 0) is 29.3 Å². The van der Waals surface area contributed by atoms with Crippen LogP contribution in [0.3, 0.4) is 0 Å². The van der Waals surface area contributed by atoms with E-state index in [4.69, 9.17) is 10.00 Å². The number of carbonyl (C=O) groups is 4. The second kappa shape index (κ2) is 12.6. The molecule has 222 valence electrons. The van der Waals surface area contributed by atoms with Gasteiger partial charge in [0, 0.05) is 19.5 Å². The number of hydrogen-bond donors (Lipinski definition) is 3. The molecule has 0 aromatic rings. The molecule has 3 rings (SSSR count). The molecule has 1 saturated heterocycles. The van der Waals surface area contributed by atoms with Crippen molar-refractivity contribution < 1.29 is 32.3 Å². The predicted molar refractivity (Wildman–Crippen MR) is 144 cm³/mol. The van der Waals surface area contributed by atoms with Crippen molar-refractivity contribution in [3.05, 3.63) is 12.2 Å². The first kappa shape index (κ1) is 31.3. The largest absolute Gasteiger partial charge is 0.444 e. The van der Waals surface area contributed by atoms with Gasteiger partial charge in [-0.1, -0.05) is 25.0 Å². The molecule has 13 nitrogen and oxygen atoms in total. The smallest absolute Gasteiger partial charge is 0.408 e. The molecule has 2 aliphatic heterocycles. The molecule has 1 saturated carbocycles. The summed E-state index contributed by atoms with van der Waals surface area (Å²) < 4.78 is 33.2. The Morgan fingerprint density at radius 2 is 1.95 bits per heavy atom. The minimum absolute atomic E-state index is 0.196. The minimum atomic E-state index is -4.30. The molecule has 2 heterocycles. The summed E-state index contributed by atoms with van der Waals surface area (Å²) >= 11 is 0. The highest BCUT2D eigenvalue weighted by atomic mass is 32.2. The summed E-state index contributed by atoms with van der Waals surface area (Å²) in [6, 6.07) is -0.0458. The summed E-state index contributed by atoms with van der Waals surface area (Å²) in [6.07, 6.45) is 7.47. The van der Waals surface area contributed by atoms with Crippen LogP contribution in [0.4, 0.5) is 4.79 Å².